The molecule has 0 bridgehead atoms. The first kappa shape index (κ1) is 16.7. The molecule has 0 saturated carbocycles. The molecule has 2 rings (SSSR count). The van der Waals surface area contributed by atoms with Gasteiger partial charge in [-0.25, -0.2) is 4.39 Å². The minimum atomic E-state index is -0.304. The van der Waals surface area contributed by atoms with Gasteiger partial charge < -0.3 is 10.2 Å². The van der Waals surface area contributed by atoms with Gasteiger partial charge in [0.15, 0.2) is 6.61 Å². The fourth-order valence-corrected chi connectivity index (χ4v) is 2.04. The van der Waals surface area contributed by atoms with E-state index in [4.69, 9.17) is 4.84 Å². The summed E-state index contributed by atoms with van der Waals surface area (Å²) in [7, 11) is 0. The maximum atomic E-state index is 12.9. The van der Waals surface area contributed by atoms with Crippen LogP contribution in [0, 0.1) is 12.7 Å². The van der Waals surface area contributed by atoms with Gasteiger partial charge in [-0.15, -0.1) is 0 Å². The molecule has 0 radical (unpaired) electrons. The monoisotopic (exact) mass is 314 g/mol. The molecule has 5 heteroatoms. The molecule has 0 unspecified atom stereocenters. The van der Waals surface area contributed by atoms with E-state index in [1.165, 1.54) is 12.1 Å². The third kappa shape index (κ3) is 5.21. The number of hydrogen-bond donors (Lipinski definition) is 1. The highest BCUT2D eigenvalue weighted by Crippen LogP contribution is 2.12. The van der Waals surface area contributed by atoms with Crippen molar-refractivity contribution >= 4 is 12.1 Å². The van der Waals surface area contributed by atoms with Crippen molar-refractivity contribution in [2.24, 2.45) is 5.16 Å². The van der Waals surface area contributed by atoms with E-state index in [0.29, 0.717) is 0 Å². The topological polar surface area (TPSA) is 50.7 Å². The average Bonchev–Trinajstić information content (AvgIpc) is 2.53. The van der Waals surface area contributed by atoms with Gasteiger partial charge in [0.2, 0.25) is 0 Å². The summed E-state index contributed by atoms with van der Waals surface area (Å²) in [6, 6.07) is 13.5. The maximum Gasteiger partial charge on any atom is 0.261 e. The number of carbonyl (C=O) groups is 1. The molecule has 4 nitrogen and oxygen atoms in total. The second-order valence-corrected chi connectivity index (χ2v) is 5.21. The average molecular weight is 314 g/mol. The van der Waals surface area contributed by atoms with Crippen molar-refractivity contribution in [2.75, 3.05) is 6.61 Å². The Labute approximate surface area is 135 Å². The van der Waals surface area contributed by atoms with Gasteiger partial charge in [0, 0.05) is 0 Å². The lowest BCUT2D eigenvalue weighted by atomic mass is 10.1. The number of aryl methyl sites for hydroxylation is 1. The molecular weight excluding hydrogens is 295 g/mol. The SMILES string of the molecule is Cc1ccccc1C=NOCC(=O)N[C@@H](C)c1ccc(F)cc1. The Balaban J connectivity index is 1.79. The first-order valence-electron chi connectivity index (χ1n) is 7.32. The van der Waals surface area contributed by atoms with Crippen LogP contribution in [0.1, 0.15) is 29.7 Å². The summed E-state index contributed by atoms with van der Waals surface area (Å²) in [4.78, 5) is 16.8. The van der Waals surface area contributed by atoms with E-state index >= 15 is 0 Å². The van der Waals surface area contributed by atoms with Crippen LogP contribution in [0.3, 0.4) is 0 Å². The van der Waals surface area contributed by atoms with Gasteiger partial charge in [-0.3, -0.25) is 4.79 Å². The summed E-state index contributed by atoms with van der Waals surface area (Å²) >= 11 is 0. The number of benzene rings is 2. The first-order chi connectivity index (χ1) is 11.1. The zero-order valence-electron chi connectivity index (χ0n) is 13.1. The molecule has 1 N–H and O–H groups in total. The molecule has 0 spiro atoms. The highest BCUT2D eigenvalue weighted by atomic mass is 19.1. The molecule has 0 heterocycles. The Morgan fingerprint density at radius 1 is 1.26 bits per heavy atom. The molecule has 23 heavy (non-hydrogen) atoms. The minimum absolute atomic E-state index is 0.173. The first-order valence-corrected chi connectivity index (χ1v) is 7.32. The lowest BCUT2D eigenvalue weighted by Gasteiger charge is -2.13. The molecule has 2 aromatic rings. The smallest absolute Gasteiger partial charge is 0.261 e. The number of hydrogen-bond acceptors (Lipinski definition) is 3. The Morgan fingerprint density at radius 2 is 1.96 bits per heavy atom. The van der Waals surface area contributed by atoms with E-state index in [1.807, 2.05) is 38.1 Å². The fraction of sp³-hybridized carbons (Fsp3) is 0.222. The molecular formula is C18H19FN2O2. The number of rotatable bonds is 6. The van der Waals surface area contributed by atoms with Crippen LogP contribution < -0.4 is 5.32 Å². The van der Waals surface area contributed by atoms with E-state index in [-0.39, 0.29) is 24.4 Å². The van der Waals surface area contributed by atoms with Gasteiger partial charge in [-0.2, -0.15) is 0 Å². The molecule has 120 valence electrons. The van der Waals surface area contributed by atoms with Crippen LogP contribution in [-0.2, 0) is 9.63 Å². The van der Waals surface area contributed by atoms with Crippen LogP contribution >= 0.6 is 0 Å². The summed E-state index contributed by atoms with van der Waals surface area (Å²) in [5, 5.41) is 6.56. The van der Waals surface area contributed by atoms with Crippen molar-refractivity contribution in [3.8, 4) is 0 Å². The van der Waals surface area contributed by atoms with E-state index in [9.17, 15) is 9.18 Å². The van der Waals surface area contributed by atoms with Crippen LogP contribution in [0.2, 0.25) is 0 Å². The lowest BCUT2D eigenvalue weighted by Crippen LogP contribution is -2.29. The zero-order chi connectivity index (χ0) is 16.7. The van der Waals surface area contributed by atoms with Crippen LogP contribution in [0.15, 0.2) is 53.7 Å². The normalized spacial score (nSPS) is 12.1. The second-order valence-electron chi connectivity index (χ2n) is 5.21. The van der Waals surface area contributed by atoms with Crippen LogP contribution in [-0.4, -0.2) is 18.7 Å². The number of nitrogens with one attached hydrogen (secondary N) is 1. The molecule has 0 aliphatic carbocycles. The van der Waals surface area contributed by atoms with Crippen molar-refractivity contribution in [3.63, 3.8) is 0 Å². The molecule has 1 atom stereocenters. The van der Waals surface area contributed by atoms with Gasteiger partial charge in [-0.1, -0.05) is 41.6 Å². The Kier molecular flexibility index (Phi) is 5.86. The third-order valence-corrected chi connectivity index (χ3v) is 3.40. The Morgan fingerprint density at radius 3 is 2.65 bits per heavy atom. The van der Waals surface area contributed by atoms with E-state index in [1.54, 1.807) is 18.3 Å². The molecule has 1 amide bonds. The Bertz CT molecular complexity index is 684. The predicted octanol–water partition coefficient (Wildman–Crippen LogP) is 3.36. The van der Waals surface area contributed by atoms with Crippen molar-refractivity contribution in [1.29, 1.82) is 0 Å². The summed E-state index contributed by atoms with van der Waals surface area (Å²) in [5.41, 5.74) is 2.84. The van der Waals surface area contributed by atoms with Gasteiger partial charge in [0.1, 0.15) is 5.82 Å². The van der Waals surface area contributed by atoms with Crippen LogP contribution in [0.4, 0.5) is 4.39 Å². The highest BCUT2D eigenvalue weighted by Gasteiger charge is 2.09. The zero-order valence-corrected chi connectivity index (χ0v) is 13.1. The number of carbonyl (C=O) groups excluding carboxylic acids is 1. The quantitative estimate of drug-likeness (QED) is 0.656. The number of nitrogens with zero attached hydrogens (tertiary/aromatic N) is 1. The van der Waals surface area contributed by atoms with Gasteiger partial charge in [-0.05, 0) is 42.7 Å². The van der Waals surface area contributed by atoms with E-state index < -0.39 is 0 Å². The largest absolute Gasteiger partial charge is 0.386 e. The standard InChI is InChI=1S/C18H19FN2O2/c1-13-5-3-4-6-16(13)11-20-23-12-18(22)21-14(2)15-7-9-17(19)10-8-15/h3-11,14H,12H2,1-2H3,(H,21,22)/t14-/m0/s1. The van der Waals surface area contributed by atoms with Crippen molar-refractivity contribution in [2.45, 2.75) is 19.9 Å². The molecule has 0 aliphatic heterocycles. The van der Waals surface area contributed by atoms with E-state index in [2.05, 4.69) is 10.5 Å². The molecule has 0 aromatic heterocycles. The maximum absolute atomic E-state index is 12.9. The predicted molar refractivity (Wildman–Crippen MR) is 87.7 cm³/mol. The van der Waals surface area contributed by atoms with Crippen molar-refractivity contribution < 1.29 is 14.0 Å². The molecule has 2 aromatic carbocycles. The van der Waals surface area contributed by atoms with Gasteiger partial charge in [0.05, 0.1) is 12.3 Å². The fourth-order valence-electron chi connectivity index (χ4n) is 2.04. The van der Waals surface area contributed by atoms with Crippen LogP contribution in [0.25, 0.3) is 0 Å². The summed E-state index contributed by atoms with van der Waals surface area (Å²) in [6.07, 6.45) is 1.58. The number of amides is 1. The third-order valence-electron chi connectivity index (χ3n) is 3.40. The molecule has 0 aliphatic rings. The summed E-state index contributed by atoms with van der Waals surface area (Å²) in [6.45, 7) is 3.62. The highest BCUT2D eigenvalue weighted by molar-refractivity contribution is 5.81. The molecule has 0 saturated heterocycles. The van der Waals surface area contributed by atoms with Crippen molar-refractivity contribution in [3.05, 3.63) is 71.0 Å². The van der Waals surface area contributed by atoms with Gasteiger partial charge >= 0.3 is 0 Å². The number of halogens is 1. The second kappa shape index (κ2) is 8.08. The number of oxime groups is 1. The lowest BCUT2D eigenvalue weighted by molar-refractivity contribution is -0.126. The van der Waals surface area contributed by atoms with Crippen molar-refractivity contribution in [1.82, 2.24) is 5.32 Å². The summed E-state index contributed by atoms with van der Waals surface area (Å²) in [5.74, 6) is -0.593. The van der Waals surface area contributed by atoms with E-state index in [0.717, 1.165) is 16.7 Å². The van der Waals surface area contributed by atoms with Crippen LogP contribution in [0.5, 0.6) is 0 Å². The summed E-state index contributed by atoms with van der Waals surface area (Å²) < 4.78 is 12.9. The minimum Gasteiger partial charge on any atom is -0.386 e. The van der Waals surface area contributed by atoms with Gasteiger partial charge in [0.25, 0.3) is 5.91 Å². The molecule has 0 fully saturated rings. The Hall–Kier alpha value is -2.69.